The number of esters is 4. The van der Waals surface area contributed by atoms with Gasteiger partial charge in [-0.3, -0.25) is 24.1 Å². The van der Waals surface area contributed by atoms with Crippen molar-refractivity contribution in [1.29, 1.82) is 0 Å². The number of ether oxygens (including phenoxy) is 4. The first-order chi connectivity index (χ1) is 27.3. The number of β-amino-alcohol motifs (C(OH)–C–C–N with tert-alkyl or cyclic N) is 1. The zero-order chi connectivity index (χ0) is 40.9. The molecule has 1 heterocycles. The molecule has 0 spiro atoms. The highest BCUT2D eigenvalue weighted by atomic mass is 16.6. The summed E-state index contributed by atoms with van der Waals surface area (Å²) in [6.45, 7) is 12.4. The van der Waals surface area contributed by atoms with Crippen molar-refractivity contribution >= 4 is 23.9 Å². The molecular weight excluding hydrogens is 712 g/mol. The van der Waals surface area contributed by atoms with Gasteiger partial charge in [-0.1, -0.05) is 124 Å². The summed E-state index contributed by atoms with van der Waals surface area (Å²) < 4.78 is 22.4. The fourth-order valence-corrected chi connectivity index (χ4v) is 7.08. The monoisotopic (exact) mass is 797 g/mol. The van der Waals surface area contributed by atoms with Crippen LogP contribution in [0, 0.1) is 11.8 Å². The fourth-order valence-electron chi connectivity index (χ4n) is 7.08. The highest BCUT2D eigenvalue weighted by Crippen LogP contribution is 2.21. The van der Waals surface area contributed by atoms with Crippen LogP contribution in [0.5, 0.6) is 0 Å². The molecule has 0 aromatic carbocycles. The molecule has 1 aliphatic rings. The van der Waals surface area contributed by atoms with E-state index in [1.165, 1.54) is 57.8 Å². The Bertz CT molecular complexity index is 973. The molecule has 0 radical (unpaired) electrons. The quantitative estimate of drug-likeness (QED) is 0.0365. The van der Waals surface area contributed by atoms with Crippen molar-refractivity contribution in [2.75, 3.05) is 72.3 Å². The molecule has 1 rings (SSSR count). The van der Waals surface area contributed by atoms with E-state index in [-0.39, 0.29) is 75.5 Å². The van der Waals surface area contributed by atoms with E-state index in [0.717, 1.165) is 96.9 Å². The zero-order valence-corrected chi connectivity index (χ0v) is 36.2. The number of nitrogens with zero attached hydrogens (tertiary/aromatic N) is 2. The molecule has 1 fully saturated rings. The summed E-state index contributed by atoms with van der Waals surface area (Å²) in [6, 6.07) is 0. The van der Waals surface area contributed by atoms with Crippen molar-refractivity contribution in [3.8, 4) is 0 Å². The van der Waals surface area contributed by atoms with Crippen LogP contribution in [0.25, 0.3) is 0 Å². The molecule has 2 unspecified atom stereocenters. The van der Waals surface area contributed by atoms with Gasteiger partial charge in [-0.05, 0) is 45.1 Å². The number of aliphatic hydroxyl groups is 1. The van der Waals surface area contributed by atoms with Gasteiger partial charge in [0.25, 0.3) is 0 Å². The lowest BCUT2D eigenvalue weighted by atomic mass is 9.94. The molecule has 1 aliphatic heterocycles. The molecule has 1 saturated heterocycles. The lowest BCUT2D eigenvalue weighted by Gasteiger charge is -2.34. The van der Waals surface area contributed by atoms with E-state index in [1.807, 2.05) is 0 Å². The zero-order valence-electron chi connectivity index (χ0n) is 36.2. The molecule has 1 N–H and O–H groups in total. The van der Waals surface area contributed by atoms with Gasteiger partial charge < -0.3 is 29.0 Å². The summed E-state index contributed by atoms with van der Waals surface area (Å²) in [7, 11) is 0. The molecular formula is C45H84N2O9. The van der Waals surface area contributed by atoms with Crippen LogP contribution in [-0.4, -0.2) is 111 Å². The third-order valence-corrected chi connectivity index (χ3v) is 10.8. The Hall–Kier alpha value is -2.24. The number of unbranched alkanes of at least 4 members (excludes halogenated alkanes) is 15. The highest BCUT2D eigenvalue weighted by molar-refractivity contribution is 5.72. The summed E-state index contributed by atoms with van der Waals surface area (Å²) in [4.78, 5) is 55.5. The van der Waals surface area contributed by atoms with E-state index < -0.39 is 5.92 Å². The normalized spacial score (nSPS) is 14.6. The van der Waals surface area contributed by atoms with Crippen LogP contribution < -0.4 is 0 Å². The number of piperazine rings is 1. The van der Waals surface area contributed by atoms with Crippen molar-refractivity contribution in [3.63, 3.8) is 0 Å². The summed E-state index contributed by atoms with van der Waals surface area (Å²) >= 11 is 0. The first-order valence-electron chi connectivity index (χ1n) is 23.0. The van der Waals surface area contributed by atoms with Gasteiger partial charge >= 0.3 is 23.9 Å². The van der Waals surface area contributed by atoms with Gasteiger partial charge in [0.15, 0.2) is 0 Å². The standard InChI is InChI=1S/C45H84N2O9/c1-4-7-10-13-15-17-22-36-53-42(49)26-20-21-27-43(50)54-37-40(38-55-44(51)28-23-29-46-30-32-47(33-31-46)34-35-48)39-56-45(52)41(24-18-12-9-6-3)25-19-16-14-11-8-5-2/h40-41,48H,4-39H2,1-3H3. The van der Waals surface area contributed by atoms with Gasteiger partial charge in [-0.2, -0.15) is 0 Å². The van der Waals surface area contributed by atoms with E-state index >= 15 is 0 Å². The van der Waals surface area contributed by atoms with E-state index in [4.69, 9.17) is 18.9 Å². The minimum Gasteiger partial charge on any atom is -0.466 e. The molecule has 0 aromatic rings. The van der Waals surface area contributed by atoms with Gasteiger partial charge in [0.05, 0.1) is 25.0 Å². The predicted octanol–water partition coefficient (Wildman–Crippen LogP) is 8.81. The maximum Gasteiger partial charge on any atom is 0.308 e. The molecule has 11 nitrogen and oxygen atoms in total. The number of hydrogen-bond donors (Lipinski definition) is 1. The van der Waals surface area contributed by atoms with Gasteiger partial charge in [-0.15, -0.1) is 0 Å². The van der Waals surface area contributed by atoms with Crippen molar-refractivity contribution in [3.05, 3.63) is 0 Å². The van der Waals surface area contributed by atoms with Crippen LogP contribution in [0.3, 0.4) is 0 Å². The molecule has 0 aromatic heterocycles. The van der Waals surface area contributed by atoms with Gasteiger partial charge in [0, 0.05) is 52.0 Å². The van der Waals surface area contributed by atoms with Crippen LogP contribution >= 0.6 is 0 Å². The van der Waals surface area contributed by atoms with Crippen molar-refractivity contribution < 1.29 is 43.2 Å². The molecule has 56 heavy (non-hydrogen) atoms. The van der Waals surface area contributed by atoms with Crippen LogP contribution in [0.15, 0.2) is 0 Å². The van der Waals surface area contributed by atoms with Crippen molar-refractivity contribution in [2.45, 2.75) is 181 Å². The Morgan fingerprint density at radius 1 is 0.482 bits per heavy atom. The van der Waals surface area contributed by atoms with Crippen LogP contribution in [0.1, 0.15) is 181 Å². The second-order valence-electron chi connectivity index (χ2n) is 16.0. The van der Waals surface area contributed by atoms with Crippen LogP contribution in [0.2, 0.25) is 0 Å². The van der Waals surface area contributed by atoms with E-state index in [0.29, 0.717) is 32.4 Å². The first kappa shape index (κ1) is 51.8. The van der Waals surface area contributed by atoms with Crippen LogP contribution in [0.4, 0.5) is 0 Å². The highest BCUT2D eigenvalue weighted by Gasteiger charge is 2.23. The third kappa shape index (κ3) is 29.9. The summed E-state index contributed by atoms with van der Waals surface area (Å²) in [6.07, 6.45) is 23.6. The van der Waals surface area contributed by atoms with Crippen LogP contribution in [-0.2, 0) is 38.1 Å². The van der Waals surface area contributed by atoms with E-state index in [1.54, 1.807) is 0 Å². The number of carbonyl (C=O) groups is 4. The SMILES string of the molecule is CCCCCCCCCOC(=O)CCCCC(=O)OCC(COC(=O)CCCN1CCN(CCO)CC1)COC(=O)C(CCCCCC)CCCCCCCC. The maximum atomic E-state index is 13.4. The van der Waals surface area contributed by atoms with Crippen molar-refractivity contribution in [2.24, 2.45) is 11.8 Å². The first-order valence-corrected chi connectivity index (χ1v) is 23.0. The Labute approximate surface area is 341 Å². The topological polar surface area (TPSA) is 132 Å². The lowest BCUT2D eigenvalue weighted by Crippen LogP contribution is -2.47. The number of aliphatic hydroxyl groups excluding tert-OH is 1. The van der Waals surface area contributed by atoms with E-state index in [2.05, 4.69) is 30.6 Å². The second kappa shape index (κ2) is 37.1. The third-order valence-electron chi connectivity index (χ3n) is 10.8. The Kier molecular flexibility index (Phi) is 34.3. The minimum atomic E-state index is -0.470. The fraction of sp³-hybridized carbons (Fsp3) is 0.911. The predicted molar refractivity (Wildman–Crippen MR) is 223 cm³/mol. The Morgan fingerprint density at radius 3 is 1.41 bits per heavy atom. The molecule has 0 saturated carbocycles. The smallest absolute Gasteiger partial charge is 0.308 e. The largest absolute Gasteiger partial charge is 0.466 e. The second-order valence-corrected chi connectivity index (χ2v) is 16.0. The minimum absolute atomic E-state index is 0.00238. The Balaban J connectivity index is 2.57. The van der Waals surface area contributed by atoms with Gasteiger partial charge in [-0.25, -0.2) is 0 Å². The average molecular weight is 797 g/mol. The molecule has 0 bridgehead atoms. The molecule has 328 valence electrons. The summed E-state index contributed by atoms with van der Waals surface area (Å²) in [5.74, 6) is -1.77. The molecule has 11 heteroatoms. The lowest BCUT2D eigenvalue weighted by molar-refractivity contribution is -0.156. The molecule has 0 amide bonds. The van der Waals surface area contributed by atoms with Crippen molar-refractivity contribution in [1.82, 2.24) is 9.80 Å². The number of carbonyl (C=O) groups excluding carboxylic acids is 4. The molecule has 2 atom stereocenters. The van der Waals surface area contributed by atoms with Gasteiger partial charge in [0.2, 0.25) is 0 Å². The van der Waals surface area contributed by atoms with E-state index in [9.17, 15) is 24.3 Å². The van der Waals surface area contributed by atoms with Gasteiger partial charge in [0.1, 0.15) is 19.8 Å². The number of hydrogen-bond acceptors (Lipinski definition) is 11. The number of rotatable bonds is 38. The maximum absolute atomic E-state index is 13.4. The summed E-state index contributed by atoms with van der Waals surface area (Å²) in [5, 5.41) is 9.18. The molecule has 0 aliphatic carbocycles. The average Bonchev–Trinajstić information content (AvgIpc) is 3.20. The summed E-state index contributed by atoms with van der Waals surface area (Å²) in [5.41, 5.74) is 0. The Morgan fingerprint density at radius 2 is 0.893 bits per heavy atom.